The van der Waals surface area contributed by atoms with Crippen molar-refractivity contribution >= 4 is 0 Å². The molecule has 0 aromatic carbocycles. The van der Waals surface area contributed by atoms with Gasteiger partial charge in [-0.2, -0.15) is 0 Å². The topological polar surface area (TPSA) is 29.3 Å². The molecule has 82 valence electrons. The molecule has 0 aromatic rings. The van der Waals surface area contributed by atoms with Crippen molar-refractivity contribution in [2.45, 2.75) is 31.6 Å². The average Bonchev–Trinajstić information content (AvgIpc) is 2.84. The molecule has 1 aliphatic carbocycles. The van der Waals surface area contributed by atoms with Crippen molar-refractivity contribution < 1.29 is 8.78 Å². The minimum absolute atomic E-state index is 0.0547. The lowest BCUT2D eigenvalue weighted by Gasteiger charge is -2.34. The van der Waals surface area contributed by atoms with E-state index in [9.17, 15) is 8.78 Å². The highest BCUT2D eigenvalue weighted by Crippen LogP contribution is 2.45. The lowest BCUT2D eigenvalue weighted by atomic mass is 10.0. The van der Waals surface area contributed by atoms with Gasteiger partial charge in [0.05, 0.1) is 6.54 Å². The van der Waals surface area contributed by atoms with Gasteiger partial charge in [0.25, 0.3) is 5.92 Å². The Morgan fingerprint density at radius 2 is 1.93 bits per heavy atom. The smallest absolute Gasteiger partial charge is 0.260 e. The van der Waals surface area contributed by atoms with Crippen molar-refractivity contribution in [3.05, 3.63) is 0 Å². The van der Waals surface area contributed by atoms with Gasteiger partial charge in [0.1, 0.15) is 0 Å². The van der Waals surface area contributed by atoms with Crippen LogP contribution in [0.5, 0.6) is 0 Å². The normalized spacial score (nSPS) is 30.2. The van der Waals surface area contributed by atoms with Crippen LogP contribution in [0.2, 0.25) is 0 Å². The van der Waals surface area contributed by atoms with Gasteiger partial charge in [-0.3, -0.25) is 4.90 Å². The molecule has 0 amide bonds. The molecule has 2 aliphatic rings. The summed E-state index contributed by atoms with van der Waals surface area (Å²) >= 11 is 0. The van der Waals surface area contributed by atoms with Crippen molar-refractivity contribution in [3.63, 3.8) is 0 Å². The second-order valence-corrected chi connectivity index (χ2v) is 4.87. The third kappa shape index (κ3) is 2.23. The molecular weight excluding hydrogens is 186 g/mol. The highest BCUT2D eigenvalue weighted by atomic mass is 19.3. The minimum atomic E-state index is -2.47. The number of likely N-dealkylation sites (tertiary alicyclic amines) is 1. The summed E-state index contributed by atoms with van der Waals surface area (Å²) in [5.41, 5.74) is 5.83. The predicted molar refractivity (Wildman–Crippen MR) is 51.3 cm³/mol. The highest BCUT2D eigenvalue weighted by Gasteiger charge is 2.45. The molecule has 0 spiro atoms. The largest absolute Gasteiger partial charge is 0.330 e. The molecule has 2 rings (SSSR count). The number of halogens is 2. The van der Waals surface area contributed by atoms with Gasteiger partial charge in [0.15, 0.2) is 0 Å². The molecule has 0 radical (unpaired) electrons. The van der Waals surface area contributed by atoms with E-state index in [2.05, 4.69) is 0 Å². The summed E-state index contributed by atoms with van der Waals surface area (Å²) in [4.78, 5) is 1.89. The van der Waals surface area contributed by atoms with Gasteiger partial charge >= 0.3 is 0 Å². The van der Waals surface area contributed by atoms with Crippen LogP contribution in [0.1, 0.15) is 25.7 Å². The molecule has 1 saturated heterocycles. The Kier molecular flexibility index (Phi) is 2.52. The van der Waals surface area contributed by atoms with E-state index >= 15 is 0 Å². The van der Waals surface area contributed by atoms with Gasteiger partial charge < -0.3 is 5.73 Å². The third-order valence-corrected chi connectivity index (χ3v) is 3.42. The Bertz CT molecular complexity index is 214. The number of nitrogens with zero attached hydrogens (tertiary/aromatic N) is 1. The quantitative estimate of drug-likeness (QED) is 0.754. The van der Waals surface area contributed by atoms with Crippen LogP contribution in [0.4, 0.5) is 8.78 Å². The summed E-state index contributed by atoms with van der Waals surface area (Å²) in [7, 11) is 0. The van der Waals surface area contributed by atoms with E-state index in [4.69, 9.17) is 5.73 Å². The first-order valence-electron chi connectivity index (χ1n) is 5.36. The molecule has 0 atom stereocenters. The summed E-state index contributed by atoms with van der Waals surface area (Å²) in [6, 6.07) is 0. The summed E-state index contributed by atoms with van der Waals surface area (Å²) in [6.45, 7) is 2.18. The molecule has 1 aliphatic heterocycles. The van der Waals surface area contributed by atoms with E-state index in [1.807, 2.05) is 4.90 Å². The van der Waals surface area contributed by atoms with Gasteiger partial charge in [-0.1, -0.05) is 0 Å². The molecule has 1 saturated carbocycles. The zero-order chi connectivity index (χ0) is 10.2. The van der Waals surface area contributed by atoms with E-state index in [0.29, 0.717) is 13.0 Å². The maximum atomic E-state index is 13.1. The van der Waals surface area contributed by atoms with E-state index in [-0.39, 0.29) is 18.4 Å². The predicted octanol–water partition coefficient (Wildman–Crippen LogP) is 1.46. The van der Waals surface area contributed by atoms with Crippen molar-refractivity contribution in [1.82, 2.24) is 4.90 Å². The Morgan fingerprint density at radius 3 is 2.43 bits per heavy atom. The molecular formula is C10H18F2N2. The Balaban J connectivity index is 1.86. The zero-order valence-corrected chi connectivity index (χ0v) is 8.44. The molecule has 1 heterocycles. The van der Waals surface area contributed by atoms with E-state index < -0.39 is 5.92 Å². The standard InChI is InChI=1S/C10H18F2N2/c11-10(12)2-1-5-14(8-10)7-9(6-13)3-4-9/h1-8,13H2. The maximum absolute atomic E-state index is 13.1. The minimum Gasteiger partial charge on any atom is -0.330 e. The highest BCUT2D eigenvalue weighted by molar-refractivity contribution is 4.97. The number of piperidine rings is 1. The monoisotopic (exact) mass is 204 g/mol. The summed E-state index contributed by atoms with van der Waals surface area (Å²) < 4.78 is 26.2. The lowest BCUT2D eigenvalue weighted by molar-refractivity contribution is -0.0677. The van der Waals surface area contributed by atoms with Gasteiger partial charge in [-0.25, -0.2) is 8.78 Å². The van der Waals surface area contributed by atoms with Gasteiger partial charge in [-0.15, -0.1) is 0 Å². The Labute approximate surface area is 83.4 Å². The number of alkyl halides is 2. The van der Waals surface area contributed by atoms with Crippen molar-refractivity contribution in [2.75, 3.05) is 26.2 Å². The lowest BCUT2D eigenvalue weighted by Crippen LogP contribution is -2.45. The van der Waals surface area contributed by atoms with Crippen LogP contribution in [0, 0.1) is 5.41 Å². The van der Waals surface area contributed by atoms with Crippen LogP contribution in [0.25, 0.3) is 0 Å². The maximum Gasteiger partial charge on any atom is 0.260 e. The van der Waals surface area contributed by atoms with Crippen LogP contribution in [0.15, 0.2) is 0 Å². The Morgan fingerprint density at radius 1 is 1.21 bits per heavy atom. The molecule has 4 heteroatoms. The molecule has 2 nitrogen and oxygen atoms in total. The zero-order valence-electron chi connectivity index (χ0n) is 8.44. The van der Waals surface area contributed by atoms with Crippen molar-refractivity contribution in [1.29, 1.82) is 0 Å². The second kappa shape index (κ2) is 3.42. The van der Waals surface area contributed by atoms with Crippen molar-refractivity contribution in [2.24, 2.45) is 11.1 Å². The van der Waals surface area contributed by atoms with Crippen LogP contribution in [-0.4, -0.2) is 37.0 Å². The van der Waals surface area contributed by atoms with Gasteiger partial charge in [-0.05, 0) is 37.8 Å². The molecule has 0 unspecified atom stereocenters. The van der Waals surface area contributed by atoms with Gasteiger partial charge in [0, 0.05) is 13.0 Å². The molecule has 0 aromatic heterocycles. The number of hydrogen-bond acceptors (Lipinski definition) is 2. The van der Waals surface area contributed by atoms with Gasteiger partial charge in [0.2, 0.25) is 0 Å². The van der Waals surface area contributed by atoms with E-state index in [1.54, 1.807) is 0 Å². The fourth-order valence-electron chi connectivity index (χ4n) is 2.26. The second-order valence-electron chi connectivity index (χ2n) is 4.87. The van der Waals surface area contributed by atoms with E-state index in [1.165, 1.54) is 0 Å². The fourth-order valence-corrected chi connectivity index (χ4v) is 2.26. The SMILES string of the molecule is NCC1(CN2CCCC(F)(F)C2)CC1. The number of hydrogen-bond donors (Lipinski definition) is 1. The van der Waals surface area contributed by atoms with Crippen molar-refractivity contribution in [3.8, 4) is 0 Å². The summed E-state index contributed by atoms with van der Waals surface area (Å²) in [5, 5.41) is 0. The Hall–Kier alpha value is -0.220. The van der Waals surface area contributed by atoms with Crippen LogP contribution < -0.4 is 5.73 Å². The van der Waals surface area contributed by atoms with Crippen LogP contribution >= 0.6 is 0 Å². The number of nitrogens with two attached hydrogens (primary N) is 1. The third-order valence-electron chi connectivity index (χ3n) is 3.42. The summed E-state index contributed by atoms with van der Waals surface area (Å²) in [6.07, 6.45) is 2.91. The first kappa shape index (κ1) is 10.3. The number of rotatable bonds is 3. The van der Waals surface area contributed by atoms with E-state index in [0.717, 1.165) is 25.9 Å². The fraction of sp³-hybridized carbons (Fsp3) is 1.00. The first-order valence-corrected chi connectivity index (χ1v) is 5.36. The van der Waals surface area contributed by atoms with Crippen LogP contribution in [0.3, 0.4) is 0 Å². The molecule has 0 bridgehead atoms. The molecule has 2 fully saturated rings. The molecule has 14 heavy (non-hydrogen) atoms. The molecule has 2 N–H and O–H groups in total. The first-order chi connectivity index (χ1) is 6.55. The summed E-state index contributed by atoms with van der Waals surface area (Å²) in [5.74, 6) is -2.47. The van der Waals surface area contributed by atoms with Crippen LogP contribution in [-0.2, 0) is 0 Å². The average molecular weight is 204 g/mol.